The van der Waals surface area contributed by atoms with Crippen molar-refractivity contribution in [1.82, 2.24) is 24.3 Å². The molecule has 0 bridgehead atoms. The van der Waals surface area contributed by atoms with Gasteiger partial charge in [-0.05, 0) is 32.3 Å². The Hall–Kier alpha value is -2.71. The Morgan fingerprint density at radius 1 is 1.12 bits per heavy atom. The highest BCUT2D eigenvalue weighted by Crippen LogP contribution is 2.29. The van der Waals surface area contributed by atoms with E-state index < -0.39 is 11.9 Å². The normalized spacial score (nSPS) is 18.5. The van der Waals surface area contributed by atoms with Gasteiger partial charge in [0.05, 0.1) is 12.4 Å². The van der Waals surface area contributed by atoms with Crippen molar-refractivity contribution < 1.29 is 13.2 Å². The van der Waals surface area contributed by atoms with Crippen LogP contribution in [-0.4, -0.2) is 36.9 Å². The van der Waals surface area contributed by atoms with Gasteiger partial charge in [0.1, 0.15) is 11.5 Å². The summed E-state index contributed by atoms with van der Waals surface area (Å²) < 4.78 is 40.2. The van der Waals surface area contributed by atoms with Crippen LogP contribution in [-0.2, 0) is 6.18 Å². The summed E-state index contributed by atoms with van der Waals surface area (Å²) in [4.78, 5) is 18.6. The maximum Gasteiger partial charge on any atom is 0.434 e. The first-order chi connectivity index (χ1) is 12.4. The third-order valence-electron chi connectivity index (χ3n) is 4.65. The van der Waals surface area contributed by atoms with Crippen LogP contribution in [0.4, 0.5) is 19.0 Å². The van der Waals surface area contributed by atoms with Crippen LogP contribution in [0.2, 0.25) is 0 Å². The zero-order valence-corrected chi connectivity index (χ0v) is 14.1. The first kappa shape index (κ1) is 16.7. The molecule has 0 unspecified atom stereocenters. The van der Waals surface area contributed by atoms with Crippen molar-refractivity contribution in [3.05, 3.63) is 36.5 Å². The SMILES string of the molecule is C[C@H]1CCCCN1c1ccnc(-c2cnc3cnc(C(F)(F)F)cn23)n1. The first-order valence-corrected chi connectivity index (χ1v) is 8.44. The predicted molar refractivity (Wildman–Crippen MR) is 89.7 cm³/mol. The van der Waals surface area contributed by atoms with Gasteiger partial charge in [0.15, 0.2) is 17.2 Å². The van der Waals surface area contributed by atoms with Gasteiger partial charge in [0.2, 0.25) is 0 Å². The van der Waals surface area contributed by atoms with Gasteiger partial charge in [-0.25, -0.2) is 19.9 Å². The number of hydrogen-bond donors (Lipinski definition) is 0. The van der Waals surface area contributed by atoms with Crippen LogP contribution in [0.5, 0.6) is 0 Å². The summed E-state index contributed by atoms with van der Waals surface area (Å²) in [6.07, 6.45) is 3.98. The molecule has 0 aromatic carbocycles. The molecule has 1 atom stereocenters. The molecule has 6 nitrogen and oxygen atoms in total. The van der Waals surface area contributed by atoms with E-state index in [0.29, 0.717) is 23.2 Å². The van der Waals surface area contributed by atoms with Gasteiger partial charge >= 0.3 is 6.18 Å². The highest BCUT2D eigenvalue weighted by molar-refractivity contribution is 5.58. The minimum Gasteiger partial charge on any atom is -0.354 e. The highest BCUT2D eigenvalue weighted by Gasteiger charge is 2.33. The number of piperidine rings is 1. The lowest BCUT2D eigenvalue weighted by Gasteiger charge is -2.34. The molecule has 136 valence electrons. The van der Waals surface area contributed by atoms with Crippen molar-refractivity contribution in [2.24, 2.45) is 0 Å². The third-order valence-corrected chi connectivity index (χ3v) is 4.65. The predicted octanol–water partition coefficient (Wildman–Crippen LogP) is 3.58. The van der Waals surface area contributed by atoms with Crippen molar-refractivity contribution in [3.8, 4) is 11.5 Å². The van der Waals surface area contributed by atoms with Crippen molar-refractivity contribution >= 4 is 11.5 Å². The number of imidazole rings is 1. The number of alkyl halides is 3. The van der Waals surface area contributed by atoms with E-state index in [1.807, 2.05) is 6.07 Å². The lowest BCUT2D eigenvalue weighted by atomic mass is 10.0. The van der Waals surface area contributed by atoms with Gasteiger partial charge in [-0.1, -0.05) is 0 Å². The maximum atomic E-state index is 13.0. The molecule has 3 aromatic heterocycles. The van der Waals surface area contributed by atoms with Gasteiger partial charge in [-0.3, -0.25) is 4.40 Å². The molecule has 1 aliphatic rings. The zero-order valence-electron chi connectivity index (χ0n) is 14.1. The van der Waals surface area contributed by atoms with E-state index in [1.54, 1.807) is 6.20 Å². The molecule has 1 aliphatic heterocycles. The van der Waals surface area contributed by atoms with Gasteiger partial charge in [0.25, 0.3) is 0 Å². The first-order valence-electron chi connectivity index (χ1n) is 8.44. The number of anilines is 1. The van der Waals surface area contributed by atoms with Crippen molar-refractivity contribution in [1.29, 1.82) is 0 Å². The summed E-state index contributed by atoms with van der Waals surface area (Å²) in [5, 5.41) is 0. The quantitative estimate of drug-likeness (QED) is 0.697. The minimum atomic E-state index is -4.53. The Morgan fingerprint density at radius 2 is 1.96 bits per heavy atom. The Morgan fingerprint density at radius 3 is 2.73 bits per heavy atom. The van der Waals surface area contributed by atoms with E-state index in [9.17, 15) is 13.2 Å². The van der Waals surface area contributed by atoms with E-state index in [1.165, 1.54) is 17.0 Å². The highest BCUT2D eigenvalue weighted by atomic mass is 19.4. The summed E-state index contributed by atoms with van der Waals surface area (Å²) in [5.41, 5.74) is -0.266. The Kier molecular flexibility index (Phi) is 4.01. The molecule has 0 saturated carbocycles. The fourth-order valence-electron chi connectivity index (χ4n) is 3.27. The van der Waals surface area contributed by atoms with Crippen LogP contribution in [0.1, 0.15) is 31.9 Å². The van der Waals surface area contributed by atoms with Crippen molar-refractivity contribution in [2.75, 3.05) is 11.4 Å². The molecule has 0 N–H and O–H groups in total. The van der Waals surface area contributed by atoms with Crippen LogP contribution in [0.15, 0.2) is 30.9 Å². The summed E-state index contributed by atoms with van der Waals surface area (Å²) >= 11 is 0. The van der Waals surface area contributed by atoms with Gasteiger partial charge in [-0.15, -0.1) is 0 Å². The summed E-state index contributed by atoms with van der Waals surface area (Å²) in [7, 11) is 0. The molecule has 1 saturated heterocycles. The minimum absolute atomic E-state index is 0.313. The van der Waals surface area contributed by atoms with Crippen LogP contribution in [0.3, 0.4) is 0 Å². The summed E-state index contributed by atoms with van der Waals surface area (Å²) in [6.45, 7) is 3.06. The van der Waals surface area contributed by atoms with Gasteiger partial charge < -0.3 is 4.90 Å². The molecule has 4 heterocycles. The maximum absolute atomic E-state index is 13.0. The molecular weight excluding hydrogens is 345 g/mol. The second-order valence-corrected chi connectivity index (χ2v) is 6.42. The standard InChI is InChI=1S/C17H17F3N6/c1-11-4-2-3-7-25(11)14-5-6-21-16(24-14)12-8-23-15-9-22-13(10-26(12)15)17(18,19)20/h5-6,8-11H,2-4,7H2,1H3/t11-/m0/s1. The fraction of sp³-hybridized carbons (Fsp3) is 0.412. The Labute approximate surface area is 147 Å². The molecule has 0 aliphatic carbocycles. The van der Waals surface area contributed by atoms with Crippen LogP contribution in [0.25, 0.3) is 17.2 Å². The molecule has 0 amide bonds. The van der Waals surface area contributed by atoms with Crippen LogP contribution >= 0.6 is 0 Å². The second-order valence-electron chi connectivity index (χ2n) is 6.42. The van der Waals surface area contributed by atoms with E-state index in [-0.39, 0.29) is 0 Å². The largest absolute Gasteiger partial charge is 0.434 e. The third kappa shape index (κ3) is 2.97. The molecule has 9 heteroatoms. The van der Waals surface area contributed by atoms with E-state index >= 15 is 0 Å². The lowest BCUT2D eigenvalue weighted by molar-refractivity contribution is -0.141. The number of fused-ring (bicyclic) bond motifs is 1. The van der Waals surface area contributed by atoms with Gasteiger partial charge in [0, 0.05) is 25.0 Å². The topological polar surface area (TPSA) is 59.2 Å². The van der Waals surface area contributed by atoms with E-state index in [4.69, 9.17) is 0 Å². The lowest BCUT2D eigenvalue weighted by Crippen LogP contribution is -2.38. The smallest absolute Gasteiger partial charge is 0.354 e. The molecule has 26 heavy (non-hydrogen) atoms. The van der Waals surface area contributed by atoms with Crippen molar-refractivity contribution in [3.63, 3.8) is 0 Å². The van der Waals surface area contributed by atoms with E-state index in [0.717, 1.165) is 37.6 Å². The molecule has 4 rings (SSSR count). The summed E-state index contributed by atoms with van der Waals surface area (Å²) in [6, 6.07) is 2.20. The summed E-state index contributed by atoms with van der Waals surface area (Å²) in [5.74, 6) is 1.12. The number of hydrogen-bond acceptors (Lipinski definition) is 5. The number of nitrogens with zero attached hydrogens (tertiary/aromatic N) is 6. The number of rotatable bonds is 2. The number of aromatic nitrogens is 5. The van der Waals surface area contributed by atoms with Crippen LogP contribution in [0, 0.1) is 0 Å². The molecule has 0 spiro atoms. The van der Waals surface area contributed by atoms with E-state index in [2.05, 4.69) is 31.8 Å². The average molecular weight is 362 g/mol. The molecular formula is C17H17F3N6. The van der Waals surface area contributed by atoms with Crippen LogP contribution < -0.4 is 4.90 Å². The Balaban J connectivity index is 1.77. The van der Waals surface area contributed by atoms with Gasteiger partial charge in [-0.2, -0.15) is 13.2 Å². The monoisotopic (exact) mass is 362 g/mol. The molecule has 1 fully saturated rings. The average Bonchev–Trinajstić information content (AvgIpc) is 3.05. The molecule has 3 aromatic rings. The molecule has 0 radical (unpaired) electrons. The zero-order chi connectivity index (χ0) is 18.3. The van der Waals surface area contributed by atoms with Crippen molar-refractivity contribution in [2.45, 2.75) is 38.4 Å². The number of halogens is 3. The fourth-order valence-corrected chi connectivity index (χ4v) is 3.27. The second kappa shape index (κ2) is 6.22. The Bertz CT molecular complexity index is 936.